The molecule has 1 aromatic rings. The molecule has 0 spiro atoms. The third kappa shape index (κ3) is 1.99. The van der Waals surface area contributed by atoms with E-state index in [9.17, 15) is 4.79 Å². The largest absolute Gasteiger partial charge is 0.293 e. The highest BCUT2D eigenvalue weighted by Crippen LogP contribution is 2.16. The fraction of sp³-hybridized carbons (Fsp3) is 0.222. The van der Waals surface area contributed by atoms with Crippen molar-refractivity contribution in [1.29, 1.82) is 0 Å². The van der Waals surface area contributed by atoms with Crippen LogP contribution in [0.5, 0.6) is 0 Å². The summed E-state index contributed by atoms with van der Waals surface area (Å²) in [6.07, 6.45) is 0. The van der Waals surface area contributed by atoms with Gasteiger partial charge in [-0.3, -0.25) is 4.79 Å². The molecule has 0 saturated carbocycles. The summed E-state index contributed by atoms with van der Waals surface area (Å²) in [5, 5.41) is 0.564. The molecule has 0 amide bonds. The standard InChI is InChI=1S/C9H8Cl2O/c1-6-2-3-7(11)4-8(6)9(12)5-10/h2-4H,5H2,1H3. The van der Waals surface area contributed by atoms with Gasteiger partial charge >= 0.3 is 0 Å². The fourth-order valence-corrected chi connectivity index (χ4v) is 1.28. The molecule has 1 rings (SSSR count). The number of benzene rings is 1. The Morgan fingerprint density at radius 2 is 2.17 bits per heavy atom. The van der Waals surface area contributed by atoms with Crippen molar-refractivity contribution in [1.82, 2.24) is 0 Å². The van der Waals surface area contributed by atoms with E-state index in [2.05, 4.69) is 0 Å². The highest BCUT2D eigenvalue weighted by molar-refractivity contribution is 6.33. The Bertz CT molecular complexity index is 307. The third-order valence-corrected chi connectivity index (χ3v) is 2.10. The summed E-state index contributed by atoms with van der Waals surface area (Å²) in [6, 6.07) is 5.20. The second-order valence-corrected chi connectivity index (χ2v) is 3.22. The molecular formula is C9H8Cl2O. The first-order valence-corrected chi connectivity index (χ1v) is 4.41. The topological polar surface area (TPSA) is 17.1 Å². The van der Waals surface area contributed by atoms with Gasteiger partial charge in [0, 0.05) is 10.6 Å². The molecule has 12 heavy (non-hydrogen) atoms. The van der Waals surface area contributed by atoms with Crippen LogP contribution >= 0.6 is 23.2 Å². The zero-order chi connectivity index (χ0) is 9.14. The molecule has 0 atom stereocenters. The van der Waals surface area contributed by atoms with Gasteiger partial charge in [0.25, 0.3) is 0 Å². The molecule has 0 N–H and O–H groups in total. The highest BCUT2D eigenvalue weighted by atomic mass is 35.5. The van der Waals surface area contributed by atoms with Gasteiger partial charge in [0.15, 0.2) is 5.78 Å². The number of ketones is 1. The van der Waals surface area contributed by atoms with Crippen molar-refractivity contribution in [2.24, 2.45) is 0 Å². The highest BCUT2D eigenvalue weighted by Gasteiger charge is 2.07. The van der Waals surface area contributed by atoms with Crippen molar-refractivity contribution in [3.63, 3.8) is 0 Å². The molecule has 0 unspecified atom stereocenters. The number of alkyl halides is 1. The van der Waals surface area contributed by atoms with Gasteiger partial charge in [0.1, 0.15) is 0 Å². The molecule has 0 aromatic heterocycles. The van der Waals surface area contributed by atoms with Crippen LogP contribution in [-0.4, -0.2) is 11.7 Å². The van der Waals surface area contributed by atoms with Crippen molar-refractivity contribution in [3.05, 3.63) is 34.3 Å². The van der Waals surface area contributed by atoms with E-state index in [4.69, 9.17) is 23.2 Å². The monoisotopic (exact) mass is 202 g/mol. The lowest BCUT2D eigenvalue weighted by Crippen LogP contribution is -2.02. The van der Waals surface area contributed by atoms with E-state index in [1.807, 2.05) is 13.0 Å². The normalized spacial score (nSPS) is 9.92. The summed E-state index contributed by atoms with van der Waals surface area (Å²) in [7, 11) is 0. The van der Waals surface area contributed by atoms with Crippen molar-refractivity contribution in [3.8, 4) is 0 Å². The van der Waals surface area contributed by atoms with Crippen LogP contribution in [0.1, 0.15) is 15.9 Å². The number of rotatable bonds is 2. The maximum absolute atomic E-state index is 11.2. The molecule has 1 nitrogen and oxygen atoms in total. The van der Waals surface area contributed by atoms with E-state index in [1.165, 1.54) is 0 Å². The van der Waals surface area contributed by atoms with E-state index in [-0.39, 0.29) is 11.7 Å². The zero-order valence-corrected chi connectivity index (χ0v) is 8.12. The summed E-state index contributed by atoms with van der Waals surface area (Å²) in [5.41, 5.74) is 1.52. The van der Waals surface area contributed by atoms with Crippen molar-refractivity contribution >= 4 is 29.0 Å². The lowest BCUT2D eigenvalue weighted by molar-refractivity contribution is 0.102. The molecule has 0 aliphatic rings. The van der Waals surface area contributed by atoms with Crippen LogP contribution in [0.2, 0.25) is 5.02 Å². The first-order valence-electron chi connectivity index (χ1n) is 3.50. The minimum atomic E-state index is -0.0864. The average molecular weight is 203 g/mol. The second kappa shape index (κ2) is 3.92. The minimum absolute atomic E-state index is 0.00117. The summed E-state index contributed by atoms with van der Waals surface area (Å²) < 4.78 is 0. The molecule has 64 valence electrons. The van der Waals surface area contributed by atoms with E-state index in [0.717, 1.165) is 5.56 Å². The van der Waals surface area contributed by atoms with E-state index >= 15 is 0 Å². The molecular weight excluding hydrogens is 195 g/mol. The van der Waals surface area contributed by atoms with Gasteiger partial charge in [-0.1, -0.05) is 17.7 Å². The van der Waals surface area contributed by atoms with E-state index in [0.29, 0.717) is 10.6 Å². The Labute approximate surface area is 81.3 Å². The number of carbonyl (C=O) groups is 1. The van der Waals surface area contributed by atoms with Gasteiger partial charge in [-0.25, -0.2) is 0 Å². The van der Waals surface area contributed by atoms with Crippen LogP contribution in [0.4, 0.5) is 0 Å². The SMILES string of the molecule is Cc1ccc(Cl)cc1C(=O)CCl. The predicted molar refractivity (Wildman–Crippen MR) is 51.2 cm³/mol. The Kier molecular flexibility index (Phi) is 3.12. The van der Waals surface area contributed by atoms with Crippen LogP contribution in [0.25, 0.3) is 0 Å². The Hall–Kier alpha value is -0.530. The van der Waals surface area contributed by atoms with Crippen LogP contribution in [0, 0.1) is 6.92 Å². The van der Waals surface area contributed by atoms with Crippen molar-refractivity contribution in [2.75, 3.05) is 5.88 Å². The zero-order valence-electron chi connectivity index (χ0n) is 6.60. The van der Waals surface area contributed by atoms with Crippen molar-refractivity contribution in [2.45, 2.75) is 6.92 Å². The van der Waals surface area contributed by atoms with Gasteiger partial charge in [-0.15, -0.1) is 11.6 Å². The van der Waals surface area contributed by atoms with Crippen LogP contribution in [0.15, 0.2) is 18.2 Å². The lowest BCUT2D eigenvalue weighted by atomic mass is 10.1. The van der Waals surface area contributed by atoms with Gasteiger partial charge in [-0.05, 0) is 24.6 Å². The van der Waals surface area contributed by atoms with Crippen LogP contribution in [0.3, 0.4) is 0 Å². The fourth-order valence-electron chi connectivity index (χ4n) is 0.967. The molecule has 0 aliphatic heterocycles. The number of halogens is 2. The number of hydrogen-bond acceptors (Lipinski definition) is 1. The maximum Gasteiger partial charge on any atom is 0.177 e. The van der Waals surface area contributed by atoms with Gasteiger partial charge in [-0.2, -0.15) is 0 Å². The second-order valence-electron chi connectivity index (χ2n) is 2.52. The summed E-state index contributed by atoms with van der Waals surface area (Å²) in [6.45, 7) is 1.86. The van der Waals surface area contributed by atoms with Crippen molar-refractivity contribution < 1.29 is 4.79 Å². The number of carbonyl (C=O) groups excluding carboxylic acids is 1. The molecule has 3 heteroatoms. The summed E-state index contributed by atoms with van der Waals surface area (Å²) >= 11 is 11.1. The Balaban J connectivity index is 3.13. The molecule has 0 saturated heterocycles. The first-order chi connectivity index (χ1) is 5.65. The molecule has 0 heterocycles. The number of Topliss-reactive ketones (excluding diaryl/α,β-unsaturated/α-hetero) is 1. The minimum Gasteiger partial charge on any atom is -0.293 e. The predicted octanol–water partition coefficient (Wildman–Crippen LogP) is 3.07. The number of aryl methyl sites for hydroxylation is 1. The van der Waals surface area contributed by atoms with Gasteiger partial charge < -0.3 is 0 Å². The quantitative estimate of drug-likeness (QED) is 0.533. The Morgan fingerprint density at radius 1 is 1.50 bits per heavy atom. The van der Waals surface area contributed by atoms with Gasteiger partial charge in [0.2, 0.25) is 0 Å². The molecule has 0 fully saturated rings. The smallest absolute Gasteiger partial charge is 0.177 e. The molecule has 1 aromatic carbocycles. The van der Waals surface area contributed by atoms with E-state index < -0.39 is 0 Å². The van der Waals surface area contributed by atoms with Crippen LogP contribution in [-0.2, 0) is 0 Å². The molecule has 0 aliphatic carbocycles. The maximum atomic E-state index is 11.2. The van der Waals surface area contributed by atoms with Gasteiger partial charge in [0.05, 0.1) is 5.88 Å². The Morgan fingerprint density at radius 3 is 2.75 bits per heavy atom. The average Bonchev–Trinajstić information content (AvgIpc) is 2.08. The molecule has 0 bridgehead atoms. The van der Waals surface area contributed by atoms with Crippen LogP contribution < -0.4 is 0 Å². The number of hydrogen-bond donors (Lipinski definition) is 0. The van der Waals surface area contributed by atoms with E-state index in [1.54, 1.807) is 12.1 Å². The molecule has 0 radical (unpaired) electrons. The first kappa shape index (κ1) is 9.56. The summed E-state index contributed by atoms with van der Waals surface area (Å²) in [4.78, 5) is 11.2. The summed E-state index contributed by atoms with van der Waals surface area (Å²) in [5.74, 6) is -0.0852. The third-order valence-electron chi connectivity index (χ3n) is 1.62. The lowest BCUT2D eigenvalue weighted by Gasteiger charge is -2.01.